The summed E-state index contributed by atoms with van der Waals surface area (Å²) in [7, 11) is 1.32. The fraction of sp³-hybridized carbons (Fsp3) is 0.520. The Hall–Kier alpha value is -3.89. The Bertz CT molecular complexity index is 1510. The minimum absolute atomic E-state index is 0.0152. The van der Waals surface area contributed by atoms with E-state index in [0.29, 0.717) is 36.7 Å². The number of aliphatic hydroxyl groups is 1. The predicted octanol–water partition coefficient (Wildman–Crippen LogP) is 11.7. The third kappa shape index (κ3) is 44.0. The maximum absolute atomic E-state index is 12.7. The molecule has 0 aromatic carbocycles. The summed E-state index contributed by atoms with van der Waals surface area (Å²) in [6.07, 6.45) is 54.0. The first-order chi connectivity index (χ1) is 29.4. The Morgan fingerprint density at radius 3 is 1.61 bits per heavy atom. The number of unbranched alkanes of at least 4 members (excludes halogenated alkanes) is 1. The van der Waals surface area contributed by atoms with Crippen molar-refractivity contribution in [3.63, 3.8) is 0 Å². The maximum atomic E-state index is 12.7. The highest BCUT2D eigenvalue weighted by Crippen LogP contribution is 2.43. The second-order valence-corrected chi connectivity index (χ2v) is 16.6. The van der Waals surface area contributed by atoms with Gasteiger partial charge >= 0.3 is 19.8 Å². The summed E-state index contributed by atoms with van der Waals surface area (Å²) in [4.78, 5) is 35.4. The number of phosphoric ester groups is 1. The van der Waals surface area contributed by atoms with Crippen LogP contribution in [0.15, 0.2) is 134 Å². The molecule has 0 bridgehead atoms. The van der Waals surface area contributed by atoms with E-state index in [-0.39, 0.29) is 26.1 Å². The lowest BCUT2D eigenvalue weighted by molar-refractivity contribution is -0.870. The minimum atomic E-state index is -4.44. The van der Waals surface area contributed by atoms with Crippen molar-refractivity contribution in [1.82, 2.24) is 0 Å². The van der Waals surface area contributed by atoms with Gasteiger partial charge in [-0.1, -0.05) is 148 Å². The van der Waals surface area contributed by atoms with Crippen molar-refractivity contribution in [3.8, 4) is 0 Å². The number of allylic oxidation sites excluding steroid dienone is 20. The number of aliphatic hydroxyl groups excluding tert-OH is 1. The molecule has 61 heavy (non-hydrogen) atoms. The summed E-state index contributed by atoms with van der Waals surface area (Å²) in [5, 5.41) is 10.2. The lowest BCUT2D eigenvalue weighted by atomic mass is 10.2. The number of phosphoric acid groups is 1. The number of quaternary nitrogens is 1. The van der Waals surface area contributed by atoms with Crippen LogP contribution in [-0.2, 0) is 32.7 Å². The Balaban J connectivity index is 4.70. The predicted molar refractivity (Wildman–Crippen MR) is 253 cm³/mol. The first-order valence-corrected chi connectivity index (χ1v) is 23.5. The summed E-state index contributed by atoms with van der Waals surface area (Å²) in [6, 6.07) is 0. The van der Waals surface area contributed by atoms with Crippen LogP contribution in [0.1, 0.15) is 110 Å². The Labute approximate surface area is 369 Å². The number of carbonyl (C=O) groups is 2. The summed E-state index contributed by atoms with van der Waals surface area (Å²) in [5.74, 6) is -1.07. The van der Waals surface area contributed by atoms with Gasteiger partial charge in [0.05, 0.1) is 33.9 Å². The van der Waals surface area contributed by atoms with Crippen molar-refractivity contribution in [2.45, 2.75) is 122 Å². The molecule has 10 nitrogen and oxygen atoms in total. The molecule has 0 fully saturated rings. The van der Waals surface area contributed by atoms with E-state index in [4.69, 9.17) is 18.5 Å². The number of likely N-dealkylation sites (N-methyl/N-ethyl adjacent to an activating group) is 1. The number of ether oxygens (including phenoxy) is 2. The van der Waals surface area contributed by atoms with Gasteiger partial charge in [0.25, 0.3) is 0 Å². The first kappa shape index (κ1) is 57.1. The highest BCUT2D eigenvalue weighted by atomic mass is 31.2. The quantitative estimate of drug-likeness (QED) is 0.0157. The van der Waals surface area contributed by atoms with Crippen LogP contribution in [0.3, 0.4) is 0 Å². The van der Waals surface area contributed by atoms with Crippen LogP contribution in [0, 0.1) is 0 Å². The fourth-order valence-corrected chi connectivity index (χ4v) is 5.60. The zero-order chi connectivity index (χ0) is 45.1. The molecule has 0 aromatic heterocycles. The molecule has 0 saturated carbocycles. The highest BCUT2D eigenvalue weighted by Gasteiger charge is 2.27. The number of esters is 2. The van der Waals surface area contributed by atoms with Crippen molar-refractivity contribution >= 4 is 19.8 Å². The second-order valence-electron chi connectivity index (χ2n) is 15.2. The number of rotatable bonds is 37. The molecule has 342 valence electrons. The Morgan fingerprint density at radius 1 is 0.590 bits per heavy atom. The molecule has 0 aliphatic carbocycles. The molecule has 2 N–H and O–H groups in total. The lowest BCUT2D eigenvalue weighted by Gasteiger charge is -2.24. The number of hydrogen-bond donors (Lipinski definition) is 2. The van der Waals surface area contributed by atoms with Crippen LogP contribution >= 0.6 is 7.82 Å². The molecular formula is C50H79NO9P+. The van der Waals surface area contributed by atoms with E-state index in [1.807, 2.05) is 51.5 Å². The molecular weight excluding hydrogens is 790 g/mol. The van der Waals surface area contributed by atoms with Gasteiger partial charge in [0.15, 0.2) is 6.10 Å². The van der Waals surface area contributed by atoms with Crippen LogP contribution in [0.4, 0.5) is 0 Å². The number of hydrogen-bond acceptors (Lipinski definition) is 8. The lowest BCUT2D eigenvalue weighted by Crippen LogP contribution is -2.37. The van der Waals surface area contributed by atoms with E-state index in [1.54, 1.807) is 18.2 Å². The van der Waals surface area contributed by atoms with Gasteiger partial charge in [-0.2, -0.15) is 0 Å². The summed E-state index contributed by atoms with van der Waals surface area (Å²) in [5.41, 5.74) is 0. The molecule has 2 unspecified atom stereocenters. The van der Waals surface area contributed by atoms with E-state index in [0.717, 1.165) is 57.8 Å². The van der Waals surface area contributed by atoms with Crippen LogP contribution in [-0.4, -0.2) is 86.1 Å². The zero-order valence-corrected chi connectivity index (χ0v) is 38.8. The van der Waals surface area contributed by atoms with Crippen molar-refractivity contribution in [2.24, 2.45) is 0 Å². The van der Waals surface area contributed by atoms with Crippen LogP contribution in [0.2, 0.25) is 0 Å². The molecule has 0 saturated heterocycles. The molecule has 11 heteroatoms. The number of nitrogens with zero attached hydrogens (tertiary/aromatic N) is 1. The van der Waals surface area contributed by atoms with Gasteiger partial charge in [-0.25, -0.2) is 4.57 Å². The smallest absolute Gasteiger partial charge is 0.462 e. The molecule has 0 rings (SSSR count). The van der Waals surface area contributed by atoms with Gasteiger partial charge in [-0.15, -0.1) is 0 Å². The minimum Gasteiger partial charge on any atom is -0.462 e. The van der Waals surface area contributed by atoms with E-state index in [1.165, 1.54) is 0 Å². The average Bonchev–Trinajstić information content (AvgIpc) is 3.21. The van der Waals surface area contributed by atoms with Crippen LogP contribution in [0.5, 0.6) is 0 Å². The third-order valence-corrected chi connectivity index (χ3v) is 9.25. The normalized spacial score (nSPS) is 15.3. The number of carbonyl (C=O) groups excluding carboxylic acids is 2. The van der Waals surface area contributed by atoms with E-state index in [2.05, 4.69) is 98.9 Å². The monoisotopic (exact) mass is 869 g/mol. The highest BCUT2D eigenvalue weighted by molar-refractivity contribution is 7.47. The average molecular weight is 869 g/mol. The van der Waals surface area contributed by atoms with Gasteiger partial charge in [0.2, 0.25) is 0 Å². The SMILES string of the molecule is CC/C=C\C/C=C\C/C=C\C/C=C\C=C/C(O)C/C=C\CCC(=O)OC[C@H](COP(=O)(O)OCC[N+](C)(C)C)OC(=O)CCC/C=C\C/C=C\C/C=C\C/C=C\C/C=C\CC. The van der Waals surface area contributed by atoms with Crippen molar-refractivity contribution in [2.75, 3.05) is 47.5 Å². The van der Waals surface area contributed by atoms with E-state index >= 15 is 0 Å². The molecule has 0 spiro atoms. The molecule has 0 amide bonds. The summed E-state index contributed by atoms with van der Waals surface area (Å²) in [6.45, 7) is 3.88. The van der Waals surface area contributed by atoms with Crippen LogP contribution < -0.4 is 0 Å². The largest absolute Gasteiger partial charge is 0.472 e. The van der Waals surface area contributed by atoms with Crippen LogP contribution in [0.25, 0.3) is 0 Å². The maximum Gasteiger partial charge on any atom is 0.472 e. The van der Waals surface area contributed by atoms with E-state index < -0.39 is 38.6 Å². The molecule has 0 aliphatic heterocycles. The first-order valence-electron chi connectivity index (χ1n) is 22.0. The third-order valence-electron chi connectivity index (χ3n) is 8.27. The molecule has 3 atom stereocenters. The molecule has 0 aromatic rings. The van der Waals surface area contributed by atoms with Crippen molar-refractivity contribution in [1.29, 1.82) is 0 Å². The second kappa shape index (κ2) is 40.2. The molecule has 0 heterocycles. The summed E-state index contributed by atoms with van der Waals surface area (Å²) >= 11 is 0. The Kier molecular flexibility index (Phi) is 37.6. The van der Waals surface area contributed by atoms with Gasteiger partial charge in [-0.3, -0.25) is 18.6 Å². The topological polar surface area (TPSA) is 129 Å². The molecule has 0 aliphatic rings. The van der Waals surface area contributed by atoms with Gasteiger partial charge < -0.3 is 24.0 Å². The Morgan fingerprint density at radius 2 is 1.08 bits per heavy atom. The standard InChI is InChI=1S/C50H78NO9P/c1-6-8-10-12-14-16-18-20-21-22-23-25-27-29-31-33-37-42-50(54)60-48(46-59-61(55,56)58-44-43-51(3,4)5)45-57-49(53)41-38-34-36-40-47(52)39-35-32-30-28-26-24-19-17-15-13-11-9-7-2/h8-11,14-17,20-21,23-26,29-32,34-36,39,47-48,52H,6-7,12-13,18-19,22,27-28,33,37-38,40-46H2,1-5H3/p+1/b10-8-,11-9-,16-14-,17-15-,21-20-,25-23-,26-24-,31-29-,32-30-,36-34-,39-35-/t47?,48-/m1/s1. The van der Waals surface area contributed by atoms with Gasteiger partial charge in [-0.05, 0) is 83.5 Å². The fourth-order valence-electron chi connectivity index (χ4n) is 4.86. The van der Waals surface area contributed by atoms with Gasteiger partial charge in [0, 0.05) is 12.8 Å². The van der Waals surface area contributed by atoms with Crippen molar-refractivity contribution < 1.29 is 47.2 Å². The summed E-state index contributed by atoms with van der Waals surface area (Å²) < 4.78 is 34.1. The zero-order valence-electron chi connectivity index (χ0n) is 37.9. The molecule has 0 radical (unpaired) electrons. The van der Waals surface area contributed by atoms with Crippen molar-refractivity contribution in [3.05, 3.63) is 134 Å². The van der Waals surface area contributed by atoms with E-state index in [9.17, 15) is 24.2 Å². The van der Waals surface area contributed by atoms with Gasteiger partial charge in [0.1, 0.15) is 19.8 Å².